The average Bonchev–Trinajstić information content (AvgIpc) is 3.19. The number of ether oxygens (including phenoxy) is 2. The van der Waals surface area contributed by atoms with E-state index in [-0.39, 0.29) is 23.4 Å². The second-order valence-electron chi connectivity index (χ2n) is 7.42. The van der Waals surface area contributed by atoms with Crippen LogP contribution in [0.3, 0.4) is 0 Å². The van der Waals surface area contributed by atoms with Crippen molar-refractivity contribution in [3.8, 4) is 17.2 Å². The molecule has 0 aliphatic rings. The lowest BCUT2D eigenvalue weighted by Gasteiger charge is -2.16. The molecule has 32 heavy (non-hydrogen) atoms. The molecule has 2 N–H and O–H groups in total. The zero-order valence-corrected chi connectivity index (χ0v) is 19.9. The number of benzene rings is 2. The molecule has 0 aliphatic heterocycles. The molecule has 3 aromatic rings. The van der Waals surface area contributed by atoms with Crippen LogP contribution >= 0.6 is 18.9 Å². The number of rotatable bonds is 9. The van der Waals surface area contributed by atoms with Gasteiger partial charge in [-0.2, -0.15) is 0 Å². The molecule has 0 saturated heterocycles. The summed E-state index contributed by atoms with van der Waals surface area (Å²) in [4.78, 5) is 26.8. The Hall–Kier alpha value is -2.71. The molecular formula is C22H25N2O6PS. The van der Waals surface area contributed by atoms with Gasteiger partial charge in [-0.3, -0.25) is 14.7 Å². The summed E-state index contributed by atoms with van der Waals surface area (Å²) in [7, 11) is -3.91. The molecule has 170 valence electrons. The third kappa shape index (κ3) is 6.64. The van der Waals surface area contributed by atoms with Crippen LogP contribution < -0.4 is 20.1 Å². The van der Waals surface area contributed by atoms with Crippen molar-refractivity contribution < 1.29 is 28.3 Å². The van der Waals surface area contributed by atoms with E-state index in [1.807, 2.05) is 13.8 Å². The summed E-state index contributed by atoms with van der Waals surface area (Å²) in [6.07, 6.45) is 1.12. The minimum atomic E-state index is -3.91. The smallest absolute Gasteiger partial charge is 0.359 e. The van der Waals surface area contributed by atoms with Crippen molar-refractivity contribution in [2.45, 2.75) is 39.9 Å². The highest BCUT2D eigenvalue weighted by molar-refractivity contribution is 7.61. The molecular weight excluding hydrogens is 451 g/mol. The number of anilines is 1. The number of aromatic nitrogens is 1. The summed E-state index contributed by atoms with van der Waals surface area (Å²) in [6, 6.07) is 11.0. The number of nitrogens with one attached hydrogen (secondary N) is 1. The van der Waals surface area contributed by atoms with Crippen molar-refractivity contribution in [1.82, 2.24) is 4.98 Å². The van der Waals surface area contributed by atoms with Crippen molar-refractivity contribution in [1.29, 1.82) is 0 Å². The van der Waals surface area contributed by atoms with E-state index < -0.39 is 7.60 Å². The normalized spacial score (nSPS) is 13.1. The maximum atomic E-state index is 12.7. The number of nitrogens with zero attached hydrogens (tertiary/aromatic N) is 1. The third-order valence-corrected chi connectivity index (χ3v) is 6.27. The third-order valence-electron chi connectivity index (χ3n) is 3.92. The molecule has 1 aromatic heterocycles. The predicted octanol–water partition coefficient (Wildman–Crippen LogP) is 5.21. The first-order valence-corrected chi connectivity index (χ1v) is 12.4. The molecule has 0 saturated carbocycles. The van der Waals surface area contributed by atoms with Gasteiger partial charge in [-0.1, -0.05) is 0 Å². The van der Waals surface area contributed by atoms with E-state index in [9.17, 15) is 14.3 Å². The first-order chi connectivity index (χ1) is 15.1. The first kappa shape index (κ1) is 23.9. The van der Waals surface area contributed by atoms with Crippen LogP contribution in [-0.2, 0) is 9.09 Å². The van der Waals surface area contributed by atoms with Crippen LogP contribution in [-0.4, -0.2) is 28.0 Å². The van der Waals surface area contributed by atoms with E-state index in [1.165, 1.54) is 23.5 Å². The molecule has 1 atom stereocenters. The van der Waals surface area contributed by atoms with E-state index in [1.54, 1.807) is 55.8 Å². The van der Waals surface area contributed by atoms with Crippen molar-refractivity contribution in [3.05, 3.63) is 59.6 Å². The van der Waals surface area contributed by atoms with Gasteiger partial charge in [0.15, 0.2) is 5.13 Å². The fourth-order valence-electron chi connectivity index (χ4n) is 2.74. The molecule has 0 spiro atoms. The average molecular weight is 476 g/mol. The van der Waals surface area contributed by atoms with Gasteiger partial charge in [0, 0.05) is 23.2 Å². The van der Waals surface area contributed by atoms with Crippen LogP contribution in [0.15, 0.2) is 54.0 Å². The van der Waals surface area contributed by atoms with E-state index in [4.69, 9.17) is 14.0 Å². The Kier molecular flexibility index (Phi) is 7.69. The van der Waals surface area contributed by atoms with Crippen molar-refractivity contribution in [2.24, 2.45) is 0 Å². The number of amides is 1. The van der Waals surface area contributed by atoms with Crippen LogP contribution in [0.1, 0.15) is 38.1 Å². The Labute approximate surface area is 190 Å². The quantitative estimate of drug-likeness (QED) is 0.408. The second kappa shape index (κ2) is 10.3. The minimum absolute atomic E-state index is 0.0981. The van der Waals surface area contributed by atoms with Gasteiger partial charge in [0.25, 0.3) is 5.91 Å². The Morgan fingerprint density at radius 1 is 1.03 bits per heavy atom. The first-order valence-electron chi connectivity index (χ1n) is 9.94. The molecule has 1 unspecified atom stereocenters. The summed E-state index contributed by atoms with van der Waals surface area (Å²) in [5, 5.41) is 5.15. The zero-order chi connectivity index (χ0) is 23.3. The molecule has 0 fully saturated rings. The van der Waals surface area contributed by atoms with E-state index in [0.717, 1.165) is 0 Å². The molecule has 0 radical (unpaired) electrons. The topological polar surface area (TPSA) is 107 Å². The van der Waals surface area contributed by atoms with Crippen molar-refractivity contribution in [2.75, 3.05) is 5.32 Å². The highest BCUT2D eigenvalue weighted by Gasteiger charge is 2.24. The Bertz CT molecular complexity index is 1100. The van der Waals surface area contributed by atoms with Gasteiger partial charge < -0.3 is 18.9 Å². The Balaban J connectivity index is 1.83. The lowest BCUT2D eigenvalue weighted by molar-refractivity contribution is 0.102. The fraction of sp³-hybridized carbons (Fsp3) is 0.273. The fourth-order valence-corrected chi connectivity index (χ4v) is 4.48. The summed E-state index contributed by atoms with van der Waals surface area (Å²) in [5.74, 6) is 0.932. The van der Waals surface area contributed by atoms with Crippen LogP contribution in [0.25, 0.3) is 0 Å². The molecule has 0 bridgehead atoms. The van der Waals surface area contributed by atoms with Gasteiger partial charge in [-0.05, 0) is 64.1 Å². The van der Waals surface area contributed by atoms with Gasteiger partial charge in [-0.15, -0.1) is 11.3 Å². The summed E-state index contributed by atoms with van der Waals surface area (Å²) < 4.78 is 29.1. The minimum Gasteiger partial charge on any atom is -0.491 e. The summed E-state index contributed by atoms with van der Waals surface area (Å²) >= 11 is 1.32. The van der Waals surface area contributed by atoms with Crippen molar-refractivity contribution >= 4 is 35.3 Å². The summed E-state index contributed by atoms with van der Waals surface area (Å²) in [6.45, 7) is 7.14. The molecule has 2 aromatic carbocycles. The predicted molar refractivity (Wildman–Crippen MR) is 124 cm³/mol. The van der Waals surface area contributed by atoms with Crippen LogP contribution in [0.5, 0.6) is 17.2 Å². The number of carbonyl (C=O) groups is 1. The molecule has 3 rings (SSSR count). The number of thiazole rings is 1. The highest BCUT2D eigenvalue weighted by atomic mass is 32.1. The summed E-state index contributed by atoms with van der Waals surface area (Å²) in [5.41, 5.74) is 0.343. The van der Waals surface area contributed by atoms with E-state index >= 15 is 0 Å². The van der Waals surface area contributed by atoms with Crippen molar-refractivity contribution in [3.63, 3.8) is 0 Å². The molecule has 0 aliphatic carbocycles. The van der Waals surface area contributed by atoms with Gasteiger partial charge in [-0.25, -0.2) is 4.98 Å². The number of hydrogen-bond donors (Lipinski definition) is 2. The van der Waals surface area contributed by atoms with E-state index in [0.29, 0.717) is 27.9 Å². The van der Waals surface area contributed by atoms with Gasteiger partial charge in [0.05, 0.1) is 17.5 Å². The lowest BCUT2D eigenvalue weighted by Crippen LogP contribution is -2.13. The van der Waals surface area contributed by atoms with E-state index in [2.05, 4.69) is 10.3 Å². The van der Waals surface area contributed by atoms with Crippen LogP contribution in [0, 0.1) is 0 Å². The largest absolute Gasteiger partial charge is 0.491 e. The highest BCUT2D eigenvalue weighted by Crippen LogP contribution is 2.42. The monoisotopic (exact) mass is 476 g/mol. The van der Waals surface area contributed by atoms with Gasteiger partial charge in [0.2, 0.25) is 0 Å². The Morgan fingerprint density at radius 2 is 1.72 bits per heavy atom. The van der Waals surface area contributed by atoms with Gasteiger partial charge in [0.1, 0.15) is 17.2 Å². The zero-order valence-electron chi connectivity index (χ0n) is 18.1. The number of carbonyl (C=O) groups excluding carboxylic acids is 1. The maximum absolute atomic E-state index is 12.7. The van der Waals surface area contributed by atoms with Crippen LogP contribution in [0.2, 0.25) is 0 Å². The maximum Gasteiger partial charge on any atom is 0.359 e. The molecule has 1 amide bonds. The lowest BCUT2D eigenvalue weighted by atomic mass is 10.2. The molecule has 1 heterocycles. The second-order valence-corrected chi connectivity index (χ2v) is 10.1. The SMILES string of the molecule is CC(C)Oc1cc(Oc2ccc(P(=O)(O)OC(C)C)cc2)cc(C(=O)Nc2nccs2)c1. The Morgan fingerprint density at radius 3 is 2.31 bits per heavy atom. The standard InChI is InChI=1S/C22H25N2O6PS/c1-14(2)28-18-11-16(21(25)24-22-23-9-10-32-22)12-19(13-18)29-17-5-7-20(8-6-17)31(26,27)30-15(3)4/h5-15H,1-4H3,(H,26,27)(H,23,24,25). The van der Waals surface area contributed by atoms with Crippen LogP contribution in [0.4, 0.5) is 5.13 Å². The van der Waals surface area contributed by atoms with Gasteiger partial charge >= 0.3 is 7.60 Å². The molecule has 8 nitrogen and oxygen atoms in total. The number of hydrogen-bond acceptors (Lipinski definition) is 7. The molecule has 10 heteroatoms.